The fourth-order valence-corrected chi connectivity index (χ4v) is 8.38. The summed E-state index contributed by atoms with van der Waals surface area (Å²) in [5, 5.41) is 0. The zero-order valence-corrected chi connectivity index (χ0v) is 27.5. The molecule has 4 aromatic rings. The Kier molecular flexibility index (Phi) is 9.44. The average molecular weight is 643 g/mol. The summed E-state index contributed by atoms with van der Waals surface area (Å²) in [7, 11) is -8.29. The Morgan fingerprint density at radius 3 is 1.69 bits per heavy atom. The molecule has 1 N–H and O–H groups in total. The number of ketones is 1. The van der Waals surface area contributed by atoms with E-state index in [2.05, 4.69) is 4.72 Å². The number of nitrogens with one attached hydrogen (secondary N) is 1. The summed E-state index contributed by atoms with van der Waals surface area (Å²) >= 11 is 0. The van der Waals surface area contributed by atoms with E-state index in [1.54, 1.807) is 36.4 Å². The molecule has 1 heterocycles. The Bertz CT molecular complexity index is 1900. The van der Waals surface area contributed by atoms with Crippen LogP contribution in [-0.4, -0.2) is 26.9 Å². The van der Waals surface area contributed by atoms with Gasteiger partial charge in [0.15, 0.2) is 5.78 Å². The van der Waals surface area contributed by atoms with Crippen LogP contribution in [0.25, 0.3) is 0 Å². The number of nitrogens with zero attached hydrogens (tertiary/aromatic N) is 1. The highest BCUT2D eigenvalue weighted by atomic mass is 32.2. The van der Waals surface area contributed by atoms with Gasteiger partial charge in [-0.05, 0) is 79.3 Å². The molecule has 0 aliphatic carbocycles. The van der Waals surface area contributed by atoms with E-state index in [4.69, 9.17) is 0 Å². The van der Waals surface area contributed by atoms with Crippen LogP contribution in [0.3, 0.4) is 0 Å². The molecule has 0 saturated heterocycles. The van der Waals surface area contributed by atoms with Crippen molar-refractivity contribution in [3.8, 4) is 0 Å². The Morgan fingerprint density at radius 1 is 0.689 bits per heavy atom. The molecular formula is C36H38N2O5S2. The molecule has 45 heavy (non-hydrogen) atoms. The summed E-state index contributed by atoms with van der Waals surface area (Å²) < 4.78 is 60.3. The first-order valence-corrected chi connectivity index (χ1v) is 18.0. The van der Waals surface area contributed by atoms with E-state index >= 15 is 0 Å². The maximum Gasteiger partial charge on any atom is 0.264 e. The van der Waals surface area contributed by atoms with Crippen molar-refractivity contribution in [1.82, 2.24) is 9.03 Å². The van der Waals surface area contributed by atoms with Crippen LogP contribution in [0.5, 0.6) is 0 Å². The summed E-state index contributed by atoms with van der Waals surface area (Å²) in [6.07, 6.45) is 4.10. The summed E-state index contributed by atoms with van der Waals surface area (Å²) in [4.78, 5) is 14.1. The molecule has 0 spiro atoms. The summed E-state index contributed by atoms with van der Waals surface area (Å²) in [5.41, 5.74) is 5.04. The van der Waals surface area contributed by atoms with Crippen LogP contribution in [-0.2, 0) is 37.7 Å². The smallest absolute Gasteiger partial charge is 0.264 e. The first-order valence-electron chi connectivity index (χ1n) is 15.0. The summed E-state index contributed by atoms with van der Waals surface area (Å²) in [6, 6.07) is 25.8. The van der Waals surface area contributed by atoms with Crippen LogP contribution >= 0.6 is 0 Å². The van der Waals surface area contributed by atoms with E-state index in [9.17, 15) is 21.6 Å². The molecule has 9 heteroatoms. The van der Waals surface area contributed by atoms with Crippen LogP contribution in [0.15, 0.2) is 119 Å². The molecule has 5 rings (SSSR count). The van der Waals surface area contributed by atoms with E-state index < -0.39 is 38.0 Å². The number of hydrogen-bond donors (Lipinski definition) is 1. The topological polar surface area (TPSA) is 101 Å². The third kappa shape index (κ3) is 6.81. The van der Waals surface area contributed by atoms with Crippen LogP contribution in [0.1, 0.15) is 59.3 Å². The summed E-state index contributed by atoms with van der Waals surface area (Å²) in [5.74, 6) is -1.51. The Hall–Kier alpha value is -4.05. The van der Waals surface area contributed by atoms with Gasteiger partial charge in [-0.15, -0.1) is 0 Å². The monoisotopic (exact) mass is 642 g/mol. The first kappa shape index (κ1) is 32.3. The highest BCUT2D eigenvalue weighted by Crippen LogP contribution is 2.44. The molecule has 1 aliphatic rings. The van der Waals surface area contributed by atoms with Gasteiger partial charge in [-0.2, -0.15) is 0 Å². The van der Waals surface area contributed by atoms with Gasteiger partial charge in [0.1, 0.15) is 0 Å². The van der Waals surface area contributed by atoms with Crippen molar-refractivity contribution in [2.45, 2.75) is 62.4 Å². The molecule has 0 amide bonds. The van der Waals surface area contributed by atoms with Gasteiger partial charge in [-0.3, -0.25) is 9.10 Å². The zero-order valence-electron chi connectivity index (χ0n) is 25.8. The molecule has 234 valence electrons. The zero-order chi connectivity index (χ0) is 32.4. The normalized spacial score (nSPS) is 17.8. The van der Waals surface area contributed by atoms with Crippen molar-refractivity contribution in [2.24, 2.45) is 5.92 Å². The Labute approximate surface area is 266 Å². The van der Waals surface area contributed by atoms with Crippen molar-refractivity contribution < 1.29 is 21.6 Å². The van der Waals surface area contributed by atoms with Crippen LogP contribution in [0.4, 0.5) is 0 Å². The molecule has 1 aliphatic heterocycles. The number of carbonyl (C=O) groups is 1. The van der Waals surface area contributed by atoms with E-state index in [0.29, 0.717) is 11.1 Å². The van der Waals surface area contributed by atoms with Crippen molar-refractivity contribution in [3.63, 3.8) is 0 Å². The second kappa shape index (κ2) is 13.1. The number of hydrogen-bond acceptors (Lipinski definition) is 5. The fraction of sp³-hybridized carbons (Fsp3) is 0.250. The van der Waals surface area contributed by atoms with Crippen molar-refractivity contribution in [3.05, 3.63) is 143 Å². The van der Waals surface area contributed by atoms with Gasteiger partial charge in [0.2, 0.25) is 10.0 Å². The van der Waals surface area contributed by atoms with E-state index in [1.807, 2.05) is 76.2 Å². The molecule has 3 atom stereocenters. The van der Waals surface area contributed by atoms with E-state index in [1.165, 1.54) is 28.7 Å². The number of carbonyl (C=O) groups excluding carboxylic acids is 1. The maximum absolute atomic E-state index is 14.3. The molecular weight excluding hydrogens is 605 g/mol. The second-order valence-corrected chi connectivity index (χ2v) is 15.0. The number of benzene rings is 4. The molecule has 4 aromatic carbocycles. The second-order valence-electron chi connectivity index (χ2n) is 11.4. The number of allylic oxidation sites excluding steroid dienone is 1. The minimum atomic E-state index is -4.16. The van der Waals surface area contributed by atoms with Gasteiger partial charge < -0.3 is 0 Å². The van der Waals surface area contributed by atoms with Crippen molar-refractivity contribution >= 4 is 25.8 Å². The van der Waals surface area contributed by atoms with E-state index in [-0.39, 0.29) is 15.6 Å². The Morgan fingerprint density at radius 2 is 1.18 bits per heavy atom. The number of aryl methyl sites for hydroxylation is 4. The number of sulfonamides is 2. The predicted molar refractivity (Wildman–Crippen MR) is 176 cm³/mol. The van der Waals surface area contributed by atoms with Crippen LogP contribution in [0.2, 0.25) is 0 Å². The summed E-state index contributed by atoms with van der Waals surface area (Å²) in [6.45, 7) is 7.78. The maximum atomic E-state index is 14.3. The van der Waals surface area contributed by atoms with Gasteiger partial charge in [0, 0.05) is 6.20 Å². The molecule has 0 aromatic heterocycles. The molecule has 1 unspecified atom stereocenters. The molecule has 0 bridgehead atoms. The lowest BCUT2D eigenvalue weighted by Gasteiger charge is -2.41. The highest BCUT2D eigenvalue weighted by molar-refractivity contribution is 7.89. The largest absolute Gasteiger partial charge is 0.294 e. The number of rotatable bonds is 10. The first-order chi connectivity index (χ1) is 21.4. The van der Waals surface area contributed by atoms with Gasteiger partial charge in [0.25, 0.3) is 10.0 Å². The lowest BCUT2D eigenvalue weighted by atomic mass is 9.79. The van der Waals surface area contributed by atoms with Crippen molar-refractivity contribution in [1.29, 1.82) is 0 Å². The molecule has 0 radical (unpaired) electrons. The third-order valence-electron chi connectivity index (χ3n) is 8.37. The van der Waals surface area contributed by atoms with Gasteiger partial charge in [-0.25, -0.2) is 21.6 Å². The third-order valence-corrected chi connectivity index (χ3v) is 11.6. The quantitative estimate of drug-likeness (QED) is 0.210. The van der Waals surface area contributed by atoms with Gasteiger partial charge in [0.05, 0.1) is 27.8 Å². The predicted octanol–water partition coefficient (Wildman–Crippen LogP) is 6.59. The standard InChI is InChI=1S/C36H38N2O5S2/c1-5-27-11-15-29(16-12-27)35(37-44(40,41)31-19-7-25(3)8-20-31)34-33(39)23-24-38(36(34)30-17-13-28(6-2)14-18-30)45(42,43)32-21-9-26(4)10-22-32/h7-24,34-37H,5-6H2,1-4H3/t34-,35?,36+/m1/s1. The lowest BCUT2D eigenvalue weighted by molar-refractivity contribution is -0.121. The fourth-order valence-electron chi connectivity index (χ4n) is 5.64. The van der Waals surface area contributed by atoms with Gasteiger partial charge >= 0.3 is 0 Å². The van der Waals surface area contributed by atoms with Crippen LogP contribution in [0, 0.1) is 19.8 Å². The minimum Gasteiger partial charge on any atom is -0.294 e. The van der Waals surface area contributed by atoms with Crippen LogP contribution < -0.4 is 4.72 Å². The molecule has 0 saturated carbocycles. The average Bonchev–Trinajstić information content (AvgIpc) is 3.04. The van der Waals surface area contributed by atoms with Gasteiger partial charge in [-0.1, -0.05) is 97.8 Å². The lowest BCUT2D eigenvalue weighted by Crippen LogP contribution is -2.47. The van der Waals surface area contributed by atoms with E-state index in [0.717, 1.165) is 35.1 Å². The highest BCUT2D eigenvalue weighted by Gasteiger charge is 2.46. The van der Waals surface area contributed by atoms with Crippen molar-refractivity contribution in [2.75, 3.05) is 0 Å². The SMILES string of the molecule is CCc1ccc(C(NS(=O)(=O)c2ccc(C)cc2)[C@H]2C(=O)C=CN(S(=O)(=O)c3ccc(C)cc3)[C@H]2c2ccc(CC)cc2)cc1. The molecule has 7 nitrogen and oxygen atoms in total. The minimum absolute atomic E-state index is 0.0510. The molecule has 0 fully saturated rings. The Balaban J connectivity index is 1.71.